The number of carbonyl (C=O) groups excluding carboxylic acids is 1. The first-order chi connectivity index (χ1) is 23.4. The number of hydrogen-bond acceptors (Lipinski definition) is 10. The number of amides is 1. The molecule has 4 aromatic heterocycles. The van der Waals surface area contributed by atoms with Gasteiger partial charge in [0.15, 0.2) is 5.82 Å². The maximum Gasteiger partial charge on any atom is 0.432 e. The molecule has 49 heavy (non-hydrogen) atoms. The first-order valence-electron chi connectivity index (χ1n) is 15.0. The summed E-state index contributed by atoms with van der Waals surface area (Å²) in [7, 11) is 0. The third-order valence-electron chi connectivity index (χ3n) is 8.00. The average molecular weight is 692 g/mol. The van der Waals surface area contributed by atoms with Gasteiger partial charge in [0.05, 0.1) is 47.5 Å². The Bertz CT molecular complexity index is 2100. The molecular formula is C32H29ClF3N11O2. The van der Waals surface area contributed by atoms with E-state index in [0.29, 0.717) is 58.9 Å². The smallest absolute Gasteiger partial charge is 0.393 e. The molecule has 1 aliphatic rings. The van der Waals surface area contributed by atoms with Crippen LogP contribution in [-0.2, 0) is 4.79 Å². The lowest BCUT2D eigenvalue weighted by atomic mass is 9.97. The van der Waals surface area contributed by atoms with Crippen molar-refractivity contribution in [3.05, 3.63) is 107 Å². The second-order valence-electron chi connectivity index (χ2n) is 11.4. The molecular weight excluding hydrogens is 663 g/mol. The topological polar surface area (TPSA) is 176 Å². The molecule has 2 unspecified atom stereocenters. The Morgan fingerprint density at radius 1 is 1.08 bits per heavy atom. The number of fused-ring (bicyclic) bond motifs is 4. The second-order valence-corrected chi connectivity index (χ2v) is 11.8. The number of halogens is 4. The molecule has 1 aromatic carbocycles. The molecule has 5 heterocycles. The van der Waals surface area contributed by atoms with E-state index in [9.17, 15) is 22.8 Å². The highest BCUT2D eigenvalue weighted by atomic mass is 35.5. The van der Waals surface area contributed by atoms with Gasteiger partial charge in [0.2, 0.25) is 5.91 Å². The van der Waals surface area contributed by atoms with Crippen molar-refractivity contribution in [3.63, 3.8) is 0 Å². The van der Waals surface area contributed by atoms with Crippen LogP contribution in [-0.4, -0.2) is 46.4 Å². The van der Waals surface area contributed by atoms with Gasteiger partial charge in [0.1, 0.15) is 11.4 Å². The number of hydrazine groups is 1. The number of anilines is 2. The van der Waals surface area contributed by atoms with Crippen LogP contribution in [0, 0.1) is 5.92 Å². The molecule has 0 saturated carbocycles. The summed E-state index contributed by atoms with van der Waals surface area (Å²) in [5.74, 6) is 5.85. The number of pyridine rings is 1. The van der Waals surface area contributed by atoms with Gasteiger partial charge < -0.3 is 11.1 Å². The molecule has 13 nitrogen and oxygen atoms in total. The van der Waals surface area contributed by atoms with E-state index >= 15 is 0 Å². The molecule has 2 bridgehead atoms. The zero-order valence-electron chi connectivity index (χ0n) is 25.8. The monoisotopic (exact) mass is 691 g/mol. The summed E-state index contributed by atoms with van der Waals surface area (Å²) in [6.07, 6.45) is 6.48. The minimum Gasteiger partial charge on any atom is -0.393 e. The fourth-order valence-corrected chi connectivity index (χ4v) is 5.61. The Balaban J connectivity index is 1.41. The lowest BCUT2D eigenvalue weighted by molar-refractivity contribution is -0.119. The molecule has 252 valence electrons. The van der Waals surface area contributed by atoms with Gasteiger partial charge >= 0.3 is 6.18 Å². The first-order valence-corrected chi connectivity index (χ1v) is 15.4. The number of benzene rings is 1. The molecule has 0 saturated heterocycles. The zero-order valence-corrected chi connectivity index (χ0v) is 26.6. The largest absolute Gasteiger partial charge is 0.432 e. The number of alkyl halides is 3. The van der Waals surface area contributed by atoms with E-state index < -0.39 is 23.5 Å². The molecule has 2 atom stereocenters. The predicted molar refractivity (Wildman–Crippen MR) is 176 cm³/mol. The van der Waals surface area contributed by atoms with Crippen LogP contribution in [0.1, 0.15) is 37.9 Å². The molecule has 0 fully saturated rings. The van der Waals surface area contributed by atoms with E-state index in [4.69, 9.17) is 28.3 Å². The van der Waals surface area contributed by atoms with Crippen LogP contribution in [0.3, 0.4) is 0 Å². The average Bonchev–Trinajstić information content (AvgIpc) is 3.50. The molecule has 5 N–H and O–H groups in total. The standard InChI is InChI=1S/C32H29ClF3N11O2/c1-18-3-2-4-26(23-11-19(7-8-40-23)30-24(43-31(18)49)15-47(44-30)28-14-39-9-10-41-28)45-17-42-22(13-29(45)48)21-12-20(33)5-6-25(21)46(38)16-27(37)32(34,35)36/h5-18,26H,2-4,37-38H2,1H3,(H,43,49)/b27-16-. The van der Waals surface area contributed by atoms with Crippen LogP contribution in [0.25, 0.3) is 28.3 Å². The van der Waals surface area contributed by atoms with E-state index in [2.05, 4.69) is 25.3 Å². The van der Waals surface area contributed by atoms with E-state index in [1.54, 1.807) is 36.9 Å². The molecule has 0 aliphatic carbocycles. The van der Waals surface area contributed by atoms with Gasteiger partial charge in [0.25, 0.3) is 5.56 Å². The molecule has 17 heteroatoms. The minimum atomic E-state index is -4.80. The third-order valence-corrected chi connectivity index (χ3v) is 8.24. The summed E-state index contributed by atoms with van der Waals surface area (Å²) >= 11 is 6.22. The summed E-state index contributed by atoms with van der Waals surface area (Å²) < 4.78 is 42.3. The van der Waals surface area contributed by atoms with Crippen LogP contribution in [0.5, 0.6) is 0 Å². The number of nitrogens with two attached hydrogens (primary N) is 2. The van der Waals surface area contributed by atoms with Crippen molar-refractivity contribution < 1.29 is 18.0 Å². The van der Waals surface area contributed by atoms with Crippen molar-refractivity contribution in [2.45, 2.75) is 38.4 Å². The quantitative estimate of drug-likeness (QED) is 0.168. The second kappa shape index (κ2) is 13.5. The van der Waals surface area contributed by atoms with Gasteiger partial charge in [-0.25, -0.2) is 20.5 Å². The summed E-state index contributed by atoms with van der Waals surface area (Å²) in [6.45, 7) is 1.82. The predicted octanol–water partition coefficient (Wildman–Crippen LogP) is 4.99. The van der Waals surface area contributed by atoms with E-state index in [-0.39, 0.29) is 33.8 Å². The van der Waals surface area contributed by atoms with Gasteiger partial charge in [-0.2, -0.15) is 18.3 Å². The van der Waals surface area contributed by atoms with Crippen molar-refractivity contribution in [3.8, 4) is 28.3 Å². The van der Waals surface area contributed by atoms with Crippen LogP contribution < -0.4 is 27.5 Å². The van der Waals surface area contributed by atoms with E-state index in [1.165, 1.54) is 46.0 Å². The summed E-state index contributed by atoms with van der Waals surface area (Å²) in [6, 6.07) is 8.47. The lowest BCUT2D eigenvalue weighted by Gasteiger charge is -2.22. The number of nitrogens with one attached hydrogen (secondary N) is 1. The summed E-state index contributed by atoms with van der Waals surface area (Å²) in [4.78, 5) is 44.5. The number of nitrogens with zero attached hydrogens (tertiary/aromatic N) is 8. The number of allylic oxidation sites excluding steroid dienone is 1. The summed E-state index contributed by atoms with van der Waals surface area (Å²) in [5, 5.41) is 8.62. The minimum absolute atomic E-state index is 0.0746. The molecule has 5 aromatic rings. The van der Waals surface area contributed by atoms with E-state index in [1.807, 2.05) is 6.92 Å². The van der Waals surface area contributed by atoms with Gasteiger partial charge in [-0.3, -0.25) is 29.1 Å². The Morgan fingerprint density at radius 2 is 1.90 bits per heavy atom. The molecule has 0 spiro atoms. The Labute approximate surface area is 282 Å². The zero-order chi connectivity index (χ0) is 34.9. The van der Waals surface area contributed by atoms with Gasteiger partial charge in [0, 0.05) is 52.9 Å². The number of rotatable bonds is 5. The highest BCUT2D eigenvalue weighted by molar-refractivity contribution is 6.31. The van der Waals surface area contributed by atoms with Gasteiger partial charge in [-0.15, -0.1) is 0 Å². The van der Waals surface area contributed by atoms with Gasteiger partial charge in [-0.1, -0.05) is 24.9 Å². The Kier molecular flexibility index (Phi) is 9.16. The Morgan fingerprint density at radius 3 is 2.63 bits per heavy atom. The SMILES string of the molecule is CC1CCCC(n2cnc(-c3cc(Cl)ccc3N(N)/C=C(\N)C(F)(F)F)cc2=O)c2cc(ccn2)-c2nn(-c3cnccn3)cc2NC1=O. The molecule has 6 rings (SSSR count). The molecule has 1 amide bonds. The van der Waals surface area contributed by atoms with Crippen molar-refractivity contribution >= 4 is 28.9 Å². The van der Waals surface area contributed by atoms with E-state index in [0.717, 1.165) is 0 Å². The normalized spacial score (nSPS) is 17.0. The number of hydrogen-bond donors (Lipinski definition) is 3. The van der Waals surface area contributed by atoms with Crippen molar-refractivity contribution in [2.75, 3.05) is 10.3 Å². The molecule has 1 aliphatic heterocycles. The number of aromatic nitrogens is 7. The Hall–Kier alpha value is -5.61. The third kappa shape index (κ3) is 7.14. The summed E-state index contributed by atoms with van der Waals surface area (Å²) in [5.41, 5.74) is 5.81. The van der Waals surface area contributed by atoms with Crippen LogP contribution in [0.4, 0.5) is 24.5 Å². The highest BCUT2D eigenvalue weighted by Crippen LogP contribution is 2.34. The van der Waals surface area contributed by atoms with Crippen LogP contribution in [0.2, 0.25) is 5.02 Å². The molecule has 0 radical (unpaired) electrons. The van der Waals surface area contributed by atoms with Crippen molar-refractivity contribution in [1.82, 2.24) is 34.3 Å². The highest BCUT2D eigenvalue weighted by Gasteiger charge is 2.32. The maximum atomic E-state index is 13.8. The first kappa shape index (κ1) is 33.3. The van der Waals surface area contributed by atoms with Crippen LogP contribution in [0.15, 0.2) is 90.4 Å². The fraction of sp³-hybridized carbons (Fsp3) is 0.219. The maximum absolute atomic E-state index is 13.8. The van der Waals surface area contributed by atoms with Crippen LogP contribution >= 0.6 is 11.6 Å². The van der Waals surface area contributed by atoms with Crippen molar-refractivity contribution in [2.24, 2.45) is 17.5 Å². The van der Waals surface area contributed by atoms with Crippen molar-refractivity contribution in [1.29, 1.82) is 0 Å². The lowest BCUT2D eigenvalue weighted by Crippen LogP contribution is -2.30. The number of carbonyl (C=O) groups is 1. The fourth-order valence-electron chi connectivity index (χ4n) is 5.44. The van der Waals surface area contributed by atoms with Gasteiger partial charge in [-0.05, 0) is 43.2 Å².